The lowest BCUT2D eigenvalue weighted by Crippen LogP contribution is -2.50. The minimum Gasteiger partial charge on any atom is -0.314 e. The van der Waals surface area contributed by atoms with E-state index in [0.29, 0.717) is 6.04 Å². The lowest BCUT2D eigenvalue weighted by Gasteiger charge is -2.34. The molecule has 68 valence electrons. The molecule has 1 aliphatic heterocycles. The molecule has 1 saturated heterocycles. The average Bonchev–Trinajstić information content (AvgIpc) is 2.09. The van der Waals surface area contributed by atoms with Gasteiger partial charge in [-0.05, 0) is 6.42 Å². The molecule has 2 heteroatoms. The normalized spacial score (nSPS) is 25.2. The summed E-state index contributed by atoms with van der Waals surface area (Å²) in [6.07, 6.45) is 5.04. The Kier molecular flexibility index (Phi) is 4.05. The van der Waals surface area contributed by atoms with E-state index in [9.17, 15) is 0 Å². The molecular formula is C10H18N2. The third-order valence-corrected chi connectivity index (χ3v) is 2.27. The van der Waals surface area contributed by atoms with Crippen LogP contribution in [0.1, 0.15) is 6.42 Å². The SMILES string of the molecule is C=CCC1CNCCN1CC=C. The highest BCUT2D eigenvalue weighted by molar-refractivity contribution is 4.88. The number of hydrogen-bond acceptors (Lipinski definition) is 2. The molecule has 0 aliphatic carbocycles. The molecule has 0 radical (unpaired) electrons. The van der Waals surface area contributed by atoms with E-state index in [4.69, 9.17) is 0 Å². The van der Waals surface area contributed by atoms with Gasteiger partial charge < -0.3 is 5.32 Å². The second-order valence-electron chi connectivity index (χ2n) is 3.17. The van der Waals surface area contributed by atoms with Crippen LogP contribution in [-0.2, 0) is 0 Å². The Morgan fingerprint density at radius 2 is 2.25 bits per heavy atom. The highest BCUT2D eigenvalue weighted by Crippen LogP contribution is 2.07. The molecule has 0 amide bonds. The molecule has 1 rings (SSSR count). The largest absolute Gasteiger partial charge is 0.314 e. The molecule has 0 aromatic heterocycles. The Morgan fingerprint density at radius 1 is 1.42 bits per heavy atom. The zero-order valence-corrected chi connectivity index (χ0v) is 7.63. The fraction of sp³-hybridized carbons (Fsp3) is 0.600. The molecule has 1 heterocycles. The minimum atomic E-state index is 0.620. The van der Waals surface area contributed by atoms with E-state index in [1.165, 1.54) is 0 Å². The van der Waals surface area contributed by atoms with Crippen molar-refractivity contribution in [2.45, 2.75) is 12.5 Å². The molecule has 1 N–H and O–H groups in total. The van der Waals surface area contributed by atoms with Crippen LogP contribution in [0, 0.1) is 0 Å². The number of nitrogens with one attached hydrogen (secondary N) is 1. The maximum absolute atomic E-state index is 3.77. The molecule has 1 aliphatic rings. The van der Waals surface area contributed by atoms with E-state index in [-0.39, 0.29) is 0 Å². The second-order valence-corrected chi connectivity index (χ2v) is 3.17. The molecule has 1 atom stereocenters. The zero-order valence-electron chi connectivity index (χ0n) is 7.63. The highest BCUT2D eigenvalue weighted by atomic mass is 15.2. The van der Waals surface area contributed by atoms with Gasteiger partial charge in [0, 0.05) is 32.2 Å². The maximum Gasteiger partial charge on any atom is 0.0258 e. The number of piperazine rings is 1. The molecule has 1 fully saturated rings. The van der Waals surface area contributed by atoms with Crippen LogP contribution in [0.25, 0.3) is 0 Å². The van der Waals surface area contributed by atoms with Gasteiger partial charge in [0.15, 0.2) is 0 Å². The molecular weight excluding hydrogens is 148 g/mol. The van der Waals surface area contributed by atoms with Crippen molar-refractivity contribution in [1.29, 1.82) is 0 Å². The summed E-state index contributed by atoms with van der Waals surface area (Å²) in [7, 11) is 0. The molecule has 0 aromatic carbocycles. The lowest BCUT2D eigenvalue weighted by molar-refractivity contribution is 0.180. The smallest absolute Gasteiger partial charge is 0.0258 e. The third kappa shape index (κ3) is 2.47. The quantitative estimate of drug-likeness (QED) is 0.627. The Labute approximate surface area is 74.9 Å². The van der Waals surface area contributed by atoms with Gasteiger partial charge >= 0.3 is 0 Å². The minimum absolute atomic E-state index is 0.620. The third-order valence-electron chi connectivity index (χ3n) is 2.27. The van der Waals surface area contributed by atoms with E-state index in [0.717, 1.165) is 32.6 Å². The van der Waals surface area contributed by atoms with E-state index >= 15 is 0 Å². The average molecular weight is 166 g/mol. The van der Waals surface area contributed by atoms with Crippen molar-refractivity contribution < 1.29 is 0 Å². The van der Waals surface area contributed by atoms with Gasteiger partial charge in [-0.25, -0.2) is 0 Å². The second kappa shape index (κ2) is 5.12. The van der Waals surface area contributed by atoms with Crippen molar-refractivity contribution in [1.82, 2.24) is 10.2 Å². The van der Waals surface area contributed by atoms with Gasteiger partial charge in [0.1, 0.15) is 0 Å². The summed E-state index contributed by atoms with van der Waals surface area (Å²) in [5.74, 6) is 0. The van der Waals surface area contributed by atoms with Crippen LogP contribution < -0.4 is 5.32 Å². The molecule has 0 saturated carbocycles. The predicted octanol–water partition coefficient (Wildman–Crippen LogP) is 1.02. The summed E-state index contributed by atoms with van der Waals surface area (Å²) in [6, 6.07) is 0.620. The Bertz CT molecular complexity index is 136. The van der Waals surface area contributed by atoms with E-state index in [1.54, 1.807) is 0 Å². The van der Waals surface area contributed by atoms with Crippen molar-refractivity contribution in [2.24, 2.45) is 0 Å². The first-order chi connectivity index (χ1) is 5.88. The standard InChI is InChI=1S/C10H18N2/c1-3-5-10-9-11-6-8-12(10)7-4-2/h3-4,10-11H,1-2,5-9H2. The summed E-state index contributed by atoms with van der Waals surface area (Å²) in [5, 5.41) is 3.38. The predicted molar refractivity (Wildman–Crippen MR) is 53.2 cm³/mol. The molecule has 0 spiro atoms. The zero-order chi connectivity index (χ0) is 8.81. The Morgan fingerprint density at radius 3 is 2.92 bits per heavy atom. The molecule has 2 nitrogen and oxygen atoms in total. The fourth-order valence-electron chi connectivity index (χ4n) is 1.63. The van der Waals surface area contributed by atoms with Crippen LogP contribution in [0.15, 0.2) is 25.3 Å². The van der Waals surface area contributed by atoms with Crippen molar-refractivity contribution in [3.63, 3.8) is 0 Å². The molecule has 1 unspecified atom stereocenters. The Hall–Kier alpha value is -0.600. The van der Waals surface area contributed by atoms with Crippen molar-refractivity contribution in [3.8, 4) is 0 Å². The molecule has 0 aromatic rings. The number of hydrogen-bond donors (Lipinski definition) is 1. The summed E-state index contributed by atoms with van der Waals surface area (Å²) < 4.78 is 0. The van der Waals surface area contributed by atoms with E-state index in [1.807, 2.05) is 12.2 Å². The summed E-state index contributed by atoms with van der Waals surface area (Å²) >= 11 is 0. The summed E-state index contributed by atoms with van der Waals surface area (Å²) in [4.78, 5) is 2.45. The van der Waals surface area contributed by atoms with Crippen LogP contribution in [-0.4, -0.2) is 37.1 Å². The van der Waals surface area contributed by atoms with Gasteiger partial charge in [-0.15, -0.1) is 13.2 Å². The van der Waals surface area contributed by atoms with Crippen LogP contribution in [0.4, 0.5) is 0 Å². The van der Waals surface area contributed by atoms with Crippen LogP contribution >= 0.6 is 0 Å². The van der Waals surface area contributed by atoms with Crippen molar-refractivity contribution in [3.05, 3.63) is 25.3 Å². The van der Waals surface area contributed by atoms with Crippen LogP contribution in [0.5, 0.6) is 0 Å². The topological polar surface area (TPSA) is 15.3 Å². The van der Waals surface area contributed by atoms with Crippen molar-refractivity contribution >= 4 is 0 Å². The van der Waals surface area contributed by atoms with Crippen molar-refractivity contribution in [2.75, 3.05) is 26.2 Å². The summed E-state index contributed by atoms with van der Waals surface area (Å²) in [6.45, 7) is 11.8. The summed E-state index contributed by atoms with van der Waals surface area (Å²) in [5.41, 5.74) is 0. The van der Waals surface area contributed by atoms with Gasteiger partial charge in [-0.3, -0.25) is 4.90 Å². The first-order valence-electron chi connectivity index (χ1n) is 4.55. The number of nitrogens with zero attached hydrogens (tertiary/aromatic N) is 1. The van der Waals surface area contributed by atoms with Gasteiger partial charge in [0.25, 0.3) is 0 Å². The van der Waals surface area contributed by atoms with E-state index in [2.05, 4.69) is 23.4 Å². The number of rotatable bonds is 4. The maximum atomic E-state index is 3.77. The Balaban J connectivity index is 2.41. The molecule has 0 bridgehead atoms. The first-order valence-corrected chi connectivity index (χ1v) is 4.55. The lowest BCUT2D eigenvalue weighted by atomic mass is 10.1. The first kappa shape index (κ1) is 9.49. The van der Waals surface area contributed by atoms with Gasteiger partial charge in [-0.2, -0.15) is 0 Å². The molecule has 12 heavy (non-hydrogen) atoms. The van der Waals surface area contributed by atoms with Crippen LogP contribution in [0.3, 0.4) is 0 Å². The highest BCUT2D eigenvalue weighted by Gasteiger charge is 2.18. The fourth-order valence-corrected chi connectivity index (χ4v) is 1.63. The van der Waals surface area contributed by atoms with Crippen LogP contribution in [0.2, 0.25) is 0 Å². The van der Waals surface area contributed by atoms with Gasteiger partial charge in [-0.1, -0.05) is 12.2 Å². The van der Waals surface area contributed by atoms with Gasteiger partial charge in [0.05, 0.1) is 0 Å². The van der Waals surface area contributed by atoms with Gasteiger partial charge in [0.2, 0.25) is 0 Å². The monoisotopic (exact) mass is 166 g/mol. The van der Waals surface area contributed by atoms with E-state index < -0.39 is 0 Å².